The normalized spacial score (nSPS) is 12.3. The van der Waals surface area contributed by atoms with Crippen molar-refractivity contribution in [3.63, 3.8) is 0 Å². The molecule has 1 nitrogen and oxygen atoms in total. The van der Waals surface area contributed by atoms with Gasteiger partial charge in [0.15, 0.2) is 0 Å². The van der Waals surface area contributed by atoms with Gasteiger partial charge in [0.05, 0.1) is 12.5 Å². The Balaban J connectivity index is 2.52. The molecule has 0 amide bonds. The highest BCUT2D eigenvalue weighted by Gasteiger charge is 2.20. The summed E-state index contributed by atoms with van der Waals surface area (Å²) in [6.07, 6.45) is 0. The van der Waals surface area contributed by atoms with E-state index in [2.05, 4.69) is 0 Å². The van der Waals surface area contributed by atoms with Crippen LogP contribution in [-0.4, -0.2) is 7.11 Å². The van der Waals surface area contributed by atoms with Gasteiger partial charge in [-0.05, 0) is 30.7 Å². The minimum absolute atomic E-state index is 0.311. The number of hydrogen-bond acceptors (Lipinski definition) is 1. The second kappa shape index (κ2) is 5.57. The average Bonchev–Trinajstić information content (AvgIpc) is 2.41. The third-order valence-electron chi connectivity index (χ3n) is 2.96. The van der Waals surface area contributed by atoms with Crippen molar-refractivity contribution in [3.05, 3.63) is 64.7 Å². The Hall–Kier alpha value is -1.61. The average molecular weight is 283 g/mol. The van der Waals surface area contributed by atoms with Crippen molar-refractivity contribution in [2.75, 3.05) is 7.11 Å². The maximum atomic E-state index is 14.1. The van der Waals surface area contributed by atoms with Gasteiger partial charge in [-0.2, -0.15) is 0 Å². The van der Waals surface area contributed by atoms with E-state index in [1.165, 1.54) is 25.3 Å². The summed E-state index contributed by atoms with van der Waals surface area (Å²) in [7, 11) is 1.47. The number of rotatable bonds is 3. The number of hydrogen-bond donors (Lipinski definition) is 0. The van der Waals surface area contributed by atoms with E-state index in [4.69, 9.17) is 16.3 Å². The smallest absolute Gasteiger partial charge is 0.131 e. The predicted octanol–water partition coefficient (Wildman–Crippen LogP) is 4.61. The van der Waals surface area contributed by atoms with Gasteiger partial charge in [-0.25, -0.2) is 8.78 Å². The van der Waals surface area contributed by atoms with Crippen molar-refractivity contribution < 1.29 is 13.5 Å². The van der Waals surface area contributed by atoms with Crippen LogP contribution in [0.1, 0.15) is 22.1 Å². The van der Waals surface area contributed by atoms with Gasteiger partial charge in [-0.1, -0.05) is 18.2 Å². The lowest BCUT2D eigenvalue weighted by Gasteiger charge is -2.16. The second-order valence-corrected chi connectivity index (χ2v) is 4.66. The first-order chi connectivity index (χ1) is 9.04. The molecule has 0 radical (unpaired) electrons. The van der Waals surface area contributed by atoms with Crippen molar-refractivity contribution in [2.24, 2.45) is 0 Å². The molecule has 0 spiro atoms. The van der Waals surface area contributed by atoms with E-state index in [0.717, 1.165) is 0 Å². The van der Waals surface area contributed by atoms with Gasteiger partial charge >= 0.3 is 0 Å². The highest BCUT2D eigenvalue weighted by molar-refractivity contribution is 6.22. The molecule has 0 aliphatic heterocycles. The van der Waals surface area contributed by atoms with Crippen molar-refractivity contribution in [3.8, 4) is 5.75 Å². The quantitative estimate of drug-likeness (QED) is 0.747. The Morgan fingerprint density at radius 2 is 1.84 bits per heavy atom. The largest absolute Gasteiger partial charge is 0.496 e. The first-order valence-electron chi connectivity index (χ1n) is 5.77. The monoisotopic (exact) mass is 282 g/mol. The Bertz CT molecular complexity index is 599. The zero-order valence-corrected chi connectivity index (χ0v) is 11.3. The lowest BCUT2D eigenvalue weighted by Crippen LogP contribution is -2.02. The van der Waals surface area contributed by atoms with Gasteiger partial charge in [-0.15, -0.1) is 11.6 Å². The summed E-state index contributed by atoms with van der Waals surface area (Å²) in [5.41, 5.74) is 1.22. The van der Waals surface area contributed by atoms with E-state index in [9.17, 15) is 8.78 Å². The fourth-order valence-corrected chi connectivity index (χ4v) is 2.28. The molecule has 1 unspecified atom stereocenters. The molecular formula is C15H13ClF2O. The van der Waals surface area contributed by atoms with Gasteiger partial charge in [0, 0.05) is 11.1 Å². The molecule has 2 aromatic carbocycles. The molecule has 0 saturated heterocycles. The Morgan fingerprint density at radius 1 is 1.11 bits per heavy atom. The van der Waals surface area contributed by atoms with Crippen molar-refractivity contribution >= 4 is 11.6 Å². The van der Waals surface area contributed by atoms with Crippen LogP contribution in [0.25, 0.3) is 0 Å². The number of methoxy groups -OCH3 is 1. The van der Waals surface area contributed by atoms with Crippen LogP contribution in [0.2, 0.25) is 0 Å². The van der Waals surface area contributed by atoms with Crippen LogP contribution in [0.3, 0.4) is 0 Å². The molecule has 100 valence electrons. The number of aryl methyl sites for hydroxylation is 1. The first kappa shape index (κ1) is 13.8. The van der Waals surface area contributed by atoms with Gasteiger partial charge < -0.3 is 4.74 Å². The molecule has 0 aliphatic carbocycles. The van der Waals surface area contributed by atoms with Gasteiger partial charge in [0.1, 0.15) is 17.4 Å². The lowest BCUT2D eigenvalue weighted by atomic mass is 10.0. The van der Waals surface area contributed by atoms with E-state index >= 15 is 0 Å². The summed E-state index contributed by atoms with van der Waals surface area (Å²) in [6, 6.07) is 8.98. The molecule has 4 heteroatoms. The Labute approximate surface area is 115 Å². The molecule has 1 atom stereocenters. The summed E-state index contributed by atoms with van der Waals surface area (Å²) in [5, 5.41) is -0.800. The summed E-state index contributed by atoms with van der Waals surface area (Å²) in [4.78, 5) is 0. The molecule has 0 aromatic heterocycles. The molecular weight excluding hydrogens is 270 g/mol. The molecule has 0 saturated carbocycles. The van der Waals surface area contributed by atoms with Gasteiger partial charge in [0.2, 0.25) is 0 Å². The predicted molar refractivity (Wildman–Crippen MR) is 71.8 cm³/mol. The van der Waals surface area contributed by atoms with Crippen LogP contribution in [0.4, 0.5) is 8.78 Å². The topological polar surface area (TPSA) is 9.23 Å². The standard InChI is InChI=1S/C15H13ClF2O/c1-9-4-3-5-11(15(9)18)14(16)12-8-10(17)6-7-13(12)19-2/h3-8,14H,1-2H3. The minimum atomic E-state index is -0.800. The van der Waals surface area contributed by atoms with Crippen molar-refractivity contribution in [2.45, 2.75) is 12.3 Å². The Morgan fingerprint density at radius 3 is 2.53 bits per heavy atom. The number of benzene rings is 2. The fourth-order valence-electron chi connectivity index (χ4n) is 1.94. The molecule has 19 heavy (non-hydrogen) atoms. The summed E-state index contributed by atoms with van der Waals surface area (Å²) >= 11 is 6.28. The van der Waals surface area contributed by atoms with Crippen LogP contribution in [0, 0.1) is 18.6 Å². The third kappa shape index (κ3) is 2.71. The van der Waals surface area contributed by atoms with Crippen LogP contribution in [0.15, 0.2) is 36.4 Å². The van der Waals surface area contributed by atoms with E-state index < -0.39 is 11.2 Å². The highest BCUT2D eigenvalue weighted by Crippen LogP contribution is 2.37. The summed E-state index contributed by atoms with van der Waals surface area (Å²) in [5.74, 6) is -0.384. The van der Waals surface area contributed by atoms with Crippen LogP contribution in [-0.2, 0) is 0 Å². The number of halogens is 3. The third-order valence-corrected chi connectivity index (χ3v) is 3.43. The minimum Gasteiger partial charge on any atom is -0.496 e. The zero-order chi connectivity index (χ0) is 14.0. The SMILES string of the molecule is COc1ccc(F)cc1C(Cl)c1cccc(C)c1F. The first-order valence-corrected chi connectivity index (χ1v) is 6.20. The maximum absolute atomic E-state index is 14.1. The number of ether oxygens (including phenoxy) is 1. The lowest BCUT2D eigenvalue weighted by molar-refractivity contribution is 0.408. The maximum Gasteiger partial charge on any atom is 0.131 e. The fraction of sp³-hybridized carbons (Fsp3) is 0.200. The Kier molecular flexibility index (Phi) is 4.05. The second-order valence-electron chi connectivity index (χ2n) is 4.23. The summed E-state index contributed by atoms with van der Waals surface area (Å²) < 4.78 is 32.5. The summed E-state index contributed by atoms with van der Waals surface area (Å²) in [6.45, 7) is 1.66. The zero-order valence-electron chi connectivity index (χ0n) is 10.6. The molecule has 0 heterocycles. The van der Waals surface area contributed by atoms with Crippen LogP contribution >= 0.6 is 11.6 Å². The van der Waals surface area contributed by atoms with Crippen LogP contribution < -0.4 is 4.74 Å². The molecule has 2 aromatic rings. The van der Waals surface area contributed by atoms with E-state index in [0.29, 0.717) is 22.4 Å². The van der Waals surface area contributed by atoms with E-state index in [-0.39, 0.29) is 5.82 Å². The van der Waals surface area contributed by atoms with Crippen molar-refractivity contribution in [1.29, 1.82) is 0 Å². The number of alkyl halides is 1. The van der Waals surface area contributed by atoms with Crippen LogP contribution in [0.5, 0.6) is 5.75 Å². The van der Waals surface area contributed by atoms with Crippen molar-refractivity contribution in [1.82, 2.24) is 0 Å². The van der Waals surface area contributed by atoms with E-state index in [1.807, 2.05) is 0 Å². The van der Waals surface area contributed by atoms with Gasteiger partial charge in [-0.3, -0.25) is 0 Å². The molecule has 0 N–H and O–H groups in total. The molecule has 0 fully saturated rings. The van der Waals surface area contributed by atoms with E-state index in [1.54, 1.807) is 25.1 Å². The highest BCUT2D eigenvalue weighted by atomic mass is 35.5. The molecule has 0 aliphatic rings. The molecule has 2 rings (SSSR count). The van der Waals surface area contributed by atoms with Gasteiger partial charge in [0.25, 0.3) is 0 Å². The molecule has 0 bridgehead atoms.